The molecule has 0 spiro atoms. The summed E-state index contributed by atoms with van der Waals surface area (Å²) in [4.78, 5) is 1.68. The summed E-state index contributed by atoms with van der Waals surface area (Å²) in [5.74, 6) is -0.318. The molecule has 0 aliphatic heterocycles. The number of halogens is 2. The first-order chi connectivity index (χ1) is 9.54. The van der Waals surface area contributed by atoms with Gasteiger partial charge in [-0.25, -0.2) is 4.39 Å². The Morgan fingerprint density at radius 3 is 2.50 bits per heavy atom. The molecule has 100 valence electrons. The van der Waals surface area contributed by atoms with Crippen LogP contribution in [0.25, 0.3) is 12.3 Å². The molecule has 0 aliphatic carbocycles. The van der Waals surface area contributed by atoms with Crippen LogP contribution in [0.5, 0.6) is 0 Å². The van der Waals surface area contributed by atoms with Gasteiger partial charge in [-0.05, 0) is 35.6 Å². The van der Waals surface area contributed by atoms with E-state index in [0.29, 0.717) is 26.8 Å². The Hall–Kier alpha value is -2.31. The fourth-order valence-electron chi connectivity index (χ4n) is 1.89. The highest BCUT2D eigenvalue weighted by Gasteiger charge is 2.08. The van der Waals surface area contributed by atoms with E-state index in [4.69, 9.17) is 11.6 Å². The molecule has 0 N–H and O–H groups in total. The van der Waals surface area contributed by atoms with Crippen molar-refractivity contribution in [3.05, 3.63) is 63.7 Å². The minimum atomic E-state index is -0.318. The number of nitrogens with zero attached hydrogens (tertiary/aromatic N) is 2. The maximum atomic E-state index is 13.0. The summed E-state index contributed by atoms with van der Waals surface area (Å²) in [5.41, 5.74) is 1.12. The third kappa shape index (κ3) is 2.66. The molecule has 0 radical (unpaired) electrons. The molecule has 0 heterocycles. The number of hydrogen-bond acceptors (Lipinski definition) is 2. The first-order valence-electron chi connectivity index (χ1n) is 5.91. The Kier molecular flexibility index (Phi) is 4.07. The molecule has 0 unspecified atom stereocenters. The normalized spacial score (nSPS) is 11.7. The molecule has 2 rings (SSSR count). The summed E-state index contributed by atoms with van der Waals surface area (Å²) in [6.07, 6.45) is 0. The zero-order chi connectivity index (χ0) is 14.7. The average molecular weight is 287 g/mol. The Labute approximate surface area is 121 Å². The second-order valence-corrected chi connectivity index (χ2v) is 4.67. The lowest BCUT2D eigenvalue weighted by molar-refractivity contribution is 0.628. The molecule has 0 fully saturated rings. The largest absolute Gasteiger partial charge is 0.335 e. The van der Waals surface area contributed by atoms with Crippen LogP contribution in [-0.2, 0) is 0 Å². The fourth-order valence-corrected chi connectivity index (χ4v) is 2.06. The molecule has 4 heteroatoms. The van der Waals surface area contributed by atoms with E-state index < -0.39 is 0 Å². The number of hydrogen-bond donors (Lipinski definition) is 0. The van der Waals surface area contributed by atoms with E-state index in [9.17, 15) is 9.65 Å². The van der Waals surface area contributed by atoms with Crippen molar-refractivity contribution in [2.75, 3.05) is 11.9 Å². The summed E-state index contributed by atoms with van der Waals surface area (Å²) in [5, 5.41) is 11.2. The van der Waals surface area contributed by atoms with Crippen molar-refractivity contribution in [2.24, 2.45) is 0 Å². The lowest BCUT2D eigenvalue weighted by Crippen LogP contribution is -2.32. The molecule has 2 aromatic carbocycles. The number of benzene rings is 2. The molecule has 0 atom stereocenters. The first-order valence-corrected chi connectivity index (χ1v) is 6.29. The number of nitriles is 1. The van der Waals surface area contributed by atoms with Crippen molar-refractivity contribution in [3.8, 4) is 6.07 Å². The van der Waals surface area contributed by atoms with Crippen LogP contribution in [0.1, 0.15) is 0 Å². The summed E-state index contributed by atoms with van der Waals surface area (Å²) < 4.78 is 13.0. The monoisotopic (exact) mass is 286 g/mol. The Bertz CT molecular complexity index is 776. The van der Waals surface area contributed by atoms with Crippen molar-refractivity contribution in [1.82, 2.24) is 0 Å². The second-order valence-electron chi connectivity index (χ2n) is 4.26. The minimum Gasteiger partial charge on any atom is -0.335 e. The van der Waals surface area contributed by atoms with Crippen molar-refractivity contribution < 1.29 is 4.39 Å². The van der Waals surface area contributed by atoms with E-state index in [0.717, 1.165) is 0 Å². The molecule has 0 saturated heterocycles. The van der Waals surface area contributed by atoms with E-state index in [2.05, 4.69) is 12.6 Å². The van der Waals surface area contributed by atoms with Gasteiger partial charge in [0.2, 0.25) is 0 Å². The summed E-state index contributed by atoms with van der Waals surface area (Å²) >= 11 is 6.03. The van der Waals surface area contributed by atoms with E-state index in [1.807, 2.05) is 0 Å². The molecule has 0 bridgehead atoms. The van der Waals surface area contributed by atoms with Crippen LogP contribution in [0, 0.1) is 17.1 Å². The van der Waals surface area contributed by atoms with Crippen molar-refractivity contribution in [1.29, 1.82) is 5.26 Å². The molecule has 0 amide bonds. The van der Waals surface area contributed by atoms with Crippen LogP contribution in [0.2, 0.25) is 5.02 Å². The van der Waals surface area contributed by atoms with E-state index in [1.165, 1.54) is 12.1 Å². The molecule has 0 saturated carbocycles. The van der Waals surface area contributed by atoms with Crippen LogP contribution in [0.4, 0.5) is 10.1 Å². The minimum absolute atomic E-state index is 0.318. The summed E-state index contributed by atoms with van der Waals surface area (Å²) in [6.45, 7) is 3.89. The molecule has 2 nitrogen and oxygen atoms in total. The third-order valence-electron chi connectivity index (χ3n) is 3.03. The van der Waals surface area contributed by atoms with Gasteiger partial charge in [0, 0.05) is 23.0 Å². The highest BCUT2D eigenvalue weighted by molar-refractivity contribution is 6.30. The second kappa shape index (κ2) is 5.77. The van der Waals surface area contributed by atoms with Crippen molar-refractivity contribution in [2.45, 2.75) is 0 Å². The van der Waals surface area contributed by atoms with Gasteiger partial charge in [-0.3, -0.25) is 0 Å². The summed E-state index contributed by atoms with van der Waals surface area (Å²) in [6, 6.07) is 13.3. The summed E-state index contributed by atoms with van der Waals surface area (Å²) in [7, 11) is 1.74. The zero-order valence-electron chi connectivity index (χ0n) is 10.9. The first kappa shape index (κ1) is 14.1. The van der Waals surface area contributed by atoms with Crippen LogP contribution < -0.4 is 15.3 Å². The van der Waals surface area contributed by atoms with Gasteiger partial charge in [0.1, 0.15) is 17.6 Å². The molecule has 0 aliphatic rings. The third-order valence-corrected chi connectivity index (χ3v) is 3.38. The molecule has 20 heavy (non-hydrogen) atoms. The quantitative estimate of drug-likeness (QED) is 0.849. The molecular formula is C16H12ClFN2. The Morgan fingerprint density at radius 2 is 1.90 bits per heavy atom. The number of rotatable bonds is 2. The maximum absolute atomic E-state index is 13.0. The SMILES string of the molecule is C=c1c(Cl)ccc/c1=C(\C#N)N(C)c1ccc(F)cc1. The molecule has 2 aromatic rings. The van der Waals surface area contributed by atoms with Gasteiger partial charge >= 0.3 is 0 Å². The van der Waals surface area contributed by atoms with Gasteiger partial charge in [-0.1, -0.05) is 30.3 Å². The average Bonchev–Trinajstić information content (AvgIpc) is 2.45. The van der Waals surface area contributed by atoms with Gasteiger partial charge in [0.05, 0.1) is 0 Å². The van der Waals surface area contributed by atoms with Gasteiger partial charge in [0.15, 0.2) is 0 Å². The highest BCUT2D eigenvalue weighted by atomic mass is 35.5. The fraction of sp³-hybridized carbons (Fsp3) is 0.0625. The van der Waals surface area contributed by atoms with Crippen LogP contribution in [0.15, 0.2) is 42.5 Å². The predicted molar refractivity (Wildman–Crippen MR) is 80.0 cm³/mol. The van der Waals surface area contributed by atoms with Crippen molar-refractivity contribution in [3.63, 3.8) is 0 Å². The number of anilines is 1. The highest BCUT2D eigenvalue weighted by Crippen LogP contribution is 2.17. The van der Waals surface area contributed by atoms with Gasteiger partial charge in [-0.15, -0.1) is 0 Å². The van der Waals surface area contributed by atoms with E-state index in [-0.39, 0.29) is 5.82 Å². The van der Waals surface area contributed by atoms with Gasteiger partial charge < -0.3 is 4.90 Å². The van der Waals surface area contributed by atoms with Crippen molar-refractivity contribution >= 4 is 29.6 Å². The predicted octanol–water partition coefficient (Wildman–Crippen LogP) is 2.66. The molecule has 0 aromatic heterocycles. The van der Waals surface area contributed by atoms with Crippen LogP contribution in [-0.4, -0.2) is 7.05 Å². The lowest BCUT2D eigenvalue weighted by Gasteiger charge is -2.18. The van der Waals surface area contributed by atoms with Gasteiger partial charge in [-0.2, -0.15) is 5.26 Å². The van der Waals surface area contributed by atoms with Gasteiger partial charge in [0.25, 0.3) is 0 Å². The zero-order valence-corrected chi connectivity index (χ0v) is 11.7. The molecular weight excluding hydrogens is 275 g/mol. The van der Waals surface area contributed by atoms with Crippen LogP contribution >= 0.6 is 11.6 Å². The standard InChI is InChI=1S/C16H12ClFN2/c1-11-14(4-3-5-15(11)17)16(10-19)20(2)13-8-6-12(18)7-9-13/h3-9H,1H2,2H3/b16-14-. The maximum Gasteiger partial charge on any atom is 0.128 e. The Morgan fingerprint density at radius 1 is 1.25 bits per heavy atom. The Balaban J connectivity index is 2.64. The topological polar surface area (TPSA) is 27.0 Å². The smallest absolute Gasteiger partial charge is 0.128 e. The lowest BCUT2D eigenvalue weighted by atomic mass is 10.2. The van der Waals surface area contributed by atoms with E-state index >= 15 is 0 Å². The van der Waals surface area contributed by atoms with E-state index in [1.54, 1.807) is 42.3 Å². The van der Waals surface area contributed by atoms with Crippen LogP contribution in [0.3, 0.4) is 0 Å².